The first-order chi connectivity index (χ1) is 12.7. The van der Waals surface area contributed by atoms with E-state index in [1.54, 1.807) is 22.0 Å². The first-order valence-electron chi connectivity index (χ1n) is 8.35. The topological polar surface area (TPSA) is 92.9 Å². The van der Waals surface area contributed by atoms with E-state index in [4.69, 9.17) is 0 Å². The minimum Gasteiger partial charge on any atom is -0.353 e. The van der Waals surface area contributed by atoms with Crippen LogP contribution in [0.1, 0.15) is 16.2 Å². The molecule has 9 nitrogen and oxygen atoms in total. The molecule has 132 valence electrons. The summed E-state index contributed by atoms with van der Waals surface area (Å²) < 4.78 is 1.70. The van der Waals surface area contributed by atoms with Gasteiger partial charge in [-0.25, -0.2) is 19.6 Å². The van der Waals surface area contributed by atoms with Gasteiger partial charge < -0.3 is 9.80 Å². The van der Waals surface area contributed by atoms with Gasteiger partial charge in [0.2, 0.25) is 0 Å². The Morgan fingerprint density at radius 1 is 1.00 bits per heavy atom. The quantitative estimate of drug-likeness (QED) is 0.687. The molecule has 1 aliphatic heterocycles. The molecular formula is C17H18N8O. The zero-order valence-electron chi connectivity index (χ0n) is 14.4. The summed E-state index contributed by atoms with van der Waals surface area (Å²) in [6, 6.07) is 3.75. The fourth-order valence-corrected chi connectivity index (χ4v) is 2.84. The zero-order chi connectivity index (χ0) is 17.9. The highest BCUT2D eigenvalue weighted by atomic mass is 16.2. The number of nitrogens with zero attached hydrogens (tertiary/aromatic N) is 8. The number of anilines is 1. The van der Waals surface area contributed by atoms with E-state index >= 15 is 0 Å². The second kappa shape index (κ2) is 6.87. The van der Waals surface area contributed by atoms with Crippen LogP contribution in [0.2, 0.25) is 0 Å². The van der Waals surface area contributed by atoms with Crippen molar-refractivity contribution in [1.29, 1.82) is 0 Å². The molecule has 1 fully saturated rings. The molecule has 1 amide bonds. The Balaban J connectivity index is 1.43. The largest absolute Gasteiger partial charge is 0.353 e. The lowest BCUT2D eigenvalue weighted by Crippen LogP contribution is -2.49. The number of hydrogen-bond donors (Lipinski definition) is 0. The lowest BCUT2D eigenvalue weighted by atomic mass is 10.2. The molecule has 4 heterocycles. The predicted octanol–water partition coefficient (Wildman–Crippen LogP) is 0.723. The number of aromatic nitrogens is 6. The van der Waals surface area contributed by atoms with E-state index in [-0.39, 0.29) is 5.91 Å². The summed E-state index contributed by atoms with van der Waals surface area (Å²) in [6.45, 7) is 4.45. The Hall–Kier alpha value is -3.36. The number of rotatable bonds is 3. The number of carbonyl (C=O) groups excluding carboxylic acids is 1. The third-order valence-electron chi connectivity index (χ3n) is 4.27. The van der Waals surface area contributed by atoms with Gasteiger partial charge in [0, 0.05) is 50.8 Å². The van der Waals surface area contributed by atoms with Crippen molar-refractivity contribution in [2.24, 2.45) is 0 Å². The molecule has 9 heteroatoms. The fourth-order valence-electron chi connectivity index (χ4n) is 2.84. The van der Waals surface area contributed by atoms with Crippen molar-refractivity contribution in [3.63, 3.8) is 0 Å². The number of hydrogen-bond acceptors (Lipinski definition) is 7. The van der Waals surface area contributed by atoms with Crippen LogP contribution < -0.4 is 4.90 Å². The Kier molecular flexibility index (Phi) is 4.26. The maximum absolute atomic E-state index is 12.5. The van der Waals surface area contributed by atoms with Gasteiger partial charge in [0.25, 0.3) is 5.91 Å². The second-order valence-electron chi connectivity index (χ2n) is 6.01. The molecule has 3 aromatic rings. The van der Waals surface area contributed by atoms with Crippen LogP contribution in [0.5, 0.6) is 0 Å². The van der Waals surface area contributed by atoms with E-state index in [0.29, 0.717) is 37.7 Å². The lowest BCUT2D eigenvalue weighted by molar-refractivity contribution is 0.0740. The third-order valence-corrected chi connectivity index (χ3v) is 4.27. The van der Waals surface area contributed by atoms with Crippen LogP contribution in [0, 0.1) is 6.92 Å². The Morgan fingerprint density at radius 3 is 2.50 bits per heavy atom. The number of amides is 1. The summed E-state index contributed by atoms with van der Waals surface area (Å²) >= 11 is 0. The molecule has 0 aromatic carbocycles. The molecule has 0 spiro atoms. The molecule has 0 saturated carbocycles. The van der Waals surface area contributed by atoms with Gasteiger partial charge in [-0.3, -0.25) is 9.78 Å². The minimum absolute atomic E-state index is 0.0860. The second-order valence-corrected chi connectivity index (χ2v) is 6.01. The van der Waals surface area contributed by atoms with E-state index < -0.39 is 0 Å². The average Bonchev–Trinajstić information content (AvgIpc) is 3.23. The summed E-state index contributed by atoms with van der Waals surface area (Å²) in [5.74, 6) is 1.46. The molecule has 3 aromatic heterocycles. The Morgan fingerprint density at radius 2 is 1.81 bits per heavy atom. The minimum atomic E-state index is -0.0860. The van der Waals surface area contributed by atoms with Crippen molar-refractivity contribution in [3.05, 3.63) is 54.6 Å². The van der Waals surface area contributed by atoms with Crippen LogP contribution >= 0.6 is 0 Å². The van der Waals surface area contributed by atoms with E-state index in [9.17, 15) is 4.79 Å². The highest BCUT2D eigenvalue weighted by Crippen LogP contribution is 2.16. The molecule has 0 N–H and O–H groups in total. The highest BCUT2D eigenvalue weighted by Gasteiger charge is 2.24. The van der Waals surface area contributed by atoms with Crippen molar-refractivity contribution < 1.29 is 4.79 Å². The molecular weight excluding hydrogens is 332 g/mol. The molecule has 1 aliphatic rings. The smallest absolute Gasteiger partial charge is 0.274 e. The van der Waals surface area contributed by atoms with Crippen molar-refractivity contribution in [3.8, 4) is 5.82 Å². The SMILES string of the molecule is Cc1cnc(C(=O)N2CCN(c3cc(-n4cccn4)ncn3)CC2)cn1. The van der Waals surface area contributed by atoms with Crippen LogP contribution in [0.15, 0.2) is 43.2 Å². The number of aryl methyl sites for hydroxylation is 1. The fraction of sp³-hybridized carbons (Fsp3) is 0.294. The van der Waals surface area contributed by atoms with E-state index in [0.717, 1.165) is 11.5 Å². The summed E-state index contributed by atoms with van der Waals surface area (Å²) in [5, 5.41) is 4.19. The molecule has 4 rings (SSSR count). The van der Waals surface area contributed by atoms with Crippen LogP contribution in [-0.4, -0.2) is 66.7 Å². The highest BCUT2D eigenvalue weighted by molar-refractivity contribution is 5.92. The molecule has 0 unspecified atom stereocenters. The average molecular weight is 350 g/mol. The van der Waals surface area contributed by atoms with Crippen LogP contribution in [-0.2, 0) is 0 Å². The van der Waals surface area contributed by atoms with Gasteiger partial charge in [0.15, 0.2) is 5.82 Å². The molecule has 0 bridgehead atoms. The van der Waals surface area contributed by atoms with Crippen molar-refractivity contribution in [2.45, 2.75) is 6.92 Å². The van der Waals surface area contributed by atoms with Gasteiger partial charge >= 0.3 is 0 Å². The van der Waals surface area contributed by atoms with Gasteiger partial charge in [-0.15, -0.1) is 0 Å². The summed E-state index contributed by atoms with van der Waals surface area (Å²) in [6.07, 6.45) is 8.23. The van der Waals surface area contributed by atoms with E-state index in [2.05, 4.69) is 29.9 Å². The standard InChI is InChI=1S/C17H18N8O/c1-13-10-19-14(11-18-13)17(26)24-7-5-23(6-8-24)15-9-16(21-12-20-15)25-4-2-3-22-25/h2-4,9-12H,5-8H2,1H3. The molecule has 0 atom stereocenters. The van der Waals surface area contributed by atoms with Crippen LogP contribution in [0.4, 0.5) is 5.82 Å². The number of carbonyl (C=O) groups is 1. The maximum atomic E-state index is 12.5. The third kappa shape index (κ3) is 3.23. The van der Waals surface area contributed by atoms with Gasteiger partial charge in [-0.2, -0.15) is 5.10 Å². The van der Waals surface area contributed by atoms with Crippen LogP contribution in [0.3, 0.4) is 0 Å². The van der Waals surface area contributed by atoms with Crippen molar-refractivity contribution in [2.75, 3.05) is 31.1 Å². The van der Waals surface area contributed by atoms with Crippen molar-refractivity contribution in [1.82, 2.24) is 34.6 Å². The zero-order valence-corrected chi connectivity index (χ0v) is 14.4. The Labute approximate surface area is 150 Å². The summed E-state index contributed by atoms with van der Waals surface area (Å²) in [4.78, 5) is 33.4. The molecule has 0 radical (unpaired) electrons. The van der Waals surface area contributed by atoms with E-state index in [1.165, 1.54) is 12.5 Å². The maximum Gasteiger partial charge on any atom is 0.274 e. The van der Waals surface area contributed by atoms with Gasteiger partial charge in [-0.05, 0) is 13.0 Å². The van der Waals surface area contributed by atoms with Gasteiger partial charge in [0.1, 0.15) is 17.8 Å². The van der Waals surface area contributed by atoms with E-state index in [1.807, 2.05) is 25.3 Å². The van der Waals surface area contributed by atoms with Gasteiger partial charge in [0.05, 0.1) is 11.9 Å². The molecule has 1 saturated heterocycles. The van der Waals surface area contributed by atoms with Crippen LogP contribution in [0.25, 0.3) is 5.82 Å². The number of piperazine rings is 1. The first kappa shape index (κ1) is 16.1. The normalized spacial score (nSPS) is 14.5. The summed E-state index contributed by atoms with van der Waals surface area (Å²) in [5.41, 5.74) is 1.18. The molecule has 0 aliphatic carbocycles. The monoisotopic (exact) mass is 350 g/mol. The van der Waals surface area contributed by atoms with Gasteiger partial charge in [-0.1, -0.05) is 0 Å². The van der Waals surface area contributed by atoms with Crippen molar-refractivity contribution >= 4 is 11.7 Å². The lowest BCUT2D eigenvalue weighted by Gasteiger charge is -2.35. The summed E-state index contributed by atoms with van der Waals surface area (Å²) in [7, 11) is 0. The molecule has 26 heavy (non-hydrogen) atoms. The first-order valence-corrected chi connectivity index (χ1v) is 8.35. The Bertz CT molecular complexity index is 885. The predicted molar refractivity (Wildman–Crippen MR) is 94.0 cm³/mol.